The third-order valence-electron chi connectivity index (χ3n) is 5.58. The zero-order valence-electron chi connectivity index (χ0n) is 16.9. The van der Waals surface area contributed by atoms with Crippen LogP contribution < -0.4 is 5.56 Å². The highest BCUT2D eigenvalue weighted by Gasteiger charge is 2.32. The number of aryl methyl sites for hydroxylation is 1. The van der Waals surface area contributed by atoms with Crippen molar-refractivity contribution in [2.24, 2.45) is 11.3 Å². The Morgan fingerprint density at radius 3 is 2.81 bits per heavy atom. The summed E-state index contributed by atoms with van der Waals surface area (Å²) in [5, 5.41) is 8.93. The van der Waals surface area contributed by atoms with Gasteiger partial charge in [0.05, 0.1) is 12.0 Å². The zero-order valence-corrected chi connectivity index (χ0v) is 17.7. The second-order valence-corrected chi connectivity index (χ2v) is 9.61. The van der Waals surface area contributed by atoms with Crippen LogP contribution in [0.25, 0.3) is 10.2 Å². The maximum atomic E-state index is 13.1. The molecule has 0 radical (unpaired) electrons. The summed E-state index contributed by atoms with van der Waals surface area (Å²) in [6, 6.07) is -0.771. The highest BCUT2D eigenvalue weighted by atomic mass is 32.1. The number of rotatable bonds is 5. The summed E-state index contributed by atoms with van der Waals surface area (Å²) >= 11 is 1.58. The number of hydrogen-bond donors (Lipinski definition) is 0. The van der Waals surface area contributed by atoms with Gasteiger partial charge < -0.3 is 4.74 Å². The Kier molecular flexibility index (Phi) is 5.70. The second kappa shape index (κ2) is 7.70. The van der Waals surface area contributed by atoms with Gasteiger partial charge in [-0.25, -0.2) is 4.79 Å². The van der Waals surface area contributed by atoms with Crippen LogP contribution in [-0.2, 0) is 22.4 Å². The molecule has 0 bridgehead atoms. The van der Waals surface area contributed by atoms with Gasteiger partial charge in [-0.1, -0.05) is 39.3 Å². The molecule has 148 valence electrons. The second-order valence-electron chi connectivity index (χ2n) is 8.53. The van der Waals surface area contributed by atoms with Gasteiger partial charge >= 0.3 is 5.97 Å². The van der Waals surface area contributed by atoms with Gasteiger partial charge in [0.1, 0.15) is 0 Å². The highest BCUT2D eigenvalue weighted by Crippen LogP contribution is 2.41. The molecule has 1 aliphatic rings. The molecule has 3 rings (SSSR count). The zero-order chi connectivity index (χ0) is 19.8. The van der Waals surface area contributed by atoms with Crippen LogP contribution in [0.1, 0.15) is 70.4 Å². The van der Waals surface area contributed by atoms with Crippen LogP contribution in [0.15, 0.2) is 4.79 Å². The van der Waals surface area contributed by atoms with Crippen LogP contribution >= 0.6 is 11.3 Å². The van der Waals surface area contributed by atoms with E-state index in [1.807, 2.05) is 6.92 Å². The van der Waals surface area contributed by atoms with Gasteiger partial charge in [-0.3, -0.25) is 4.79 Å². The number of ether oxygens (including phenoxy) is 1. The van der Waals surface area contributed by atoms with E-state index < -0.39 is 12.0 Å². The minimum Gasteiger partial charge on any atom is -0.464 e. The summed E-state index contributed by atoms with van der Waals surface area (Å²) in [7, 11) is 0. The highest BCUT2D eigenvalue weighted by molar-refractivity contribution is 7.18. The summed E-state index contributed by atoms with van der Waals surface area (Å²) in [5.41, 5.74) is 1.12. The Labute approximate surface area is 163 Å². The van der Waals surface area contributed by atoms with Gasteiger partial charge in [0.2, 0.25) is 0 Å². The van der Waals surface area contributed by atoms with E-state index in [0.29, 0.717) is 22.7 Å². The van der Waals surface area contributed by atoms with Gasteiger partial charge in [0.25, 0.3) is 5.56 Å². The molecule has 2 aromatic rings. The minimum absolute atomic E-state index is 0.230. The molecular weight excluding hydrogens is 362 g/mol. The van der Waals surface area contributed by atoms with E-state index in [2.05, 4.69) is 31.1 Å². The van der Waals surface area contributed by atoms with Crippen LogP contribution in [0.3, 0.4) is 0 Å². The van der Waals surface area contributed by atoms with Gasteiger partial charge in [-0.2, -0.15) is 4.68 Å². The molecule has 7 heteroatoms. The topological polar surface area (TPSA) is 74.1 Å². The van der Waals surface area contributed by atoms with Crippen molar-refractivity contribution < 1.29 is 9.53 Å². The van der Waals surface area contributed by atoms with Crippen molar-refractivity contribution >= 4 is 27.5 Å². The summed E-state index contributed by atoms with van der Waals surface area (Å²) < 4.78 is 6.43. The predicted molar refractivity (Wildman–Crippen MR) is 107 cm³/mol. The quantitative estimate of drug-likeness (QED) is 0.571. The van der Waals surface area contributed by atoms with Crippen molar-refractivity contribution in [2.45, 2.75) is 72.8 Å². The molecule has 0 aliphatic heterocycles. The fraction of sp³-hybridized carbons (Fsp3) is 0.700. The van der Waals surface area contributed by atoms with E-state index in [4.69, 9.17) is 4.74 Å². The SMILES string of the molecule is CCCCOC(=O)[C@@H](C)n1nnc2sc3c(c2c1=O)CC[C@@H](C(C)(C)C)C3. The van der Waals surface area contributed by atoms with Crippen LogP contribution in [0, 0.1) is 11.3 Å². The molecule has 2 aromatic heterocycles. The molecule has 0 unspecified atom stereocenters. The van der Waals surface area contributed by atoms with Crippen molar-refractivity contribution in [3.63, 3.8) is 0 Å². The predicted octanol–water partition coefficient (Wildman–Crippen LogP) is 3.91. The van der Waals surface area contributed by atoms with E-state index >= 15 is 0 Å². The molecule has 27 heavy (non-hydrogen) atoms. The molecule has 2 atom stereocenters. The summed E-state index contributed by atoms with van der Waals surface area (Å²) in [4.78, 5) is 27.2. The molecule has 0 fully saturated rings. The lowest BCUT2D eigenvalue weighted by atomic mass is 9.72. The number of aromatic nitrogens is 3. The summed E-state index contributed by atoms with van der Waals surface area (Å²) in [6.45, 7) is 10.9. The number of carbonyl (C=O) groups excluding carboxylic acids is 1. The van der Waals surface area contributed by atoms with Crippen LogP contribution in [0.2, 0.25) is 0 Å². The van der Waals surface area contributed by atoms with E-state index in [9.17, 15) is 9.59 Å². The van der Waals surface area contributed by atoms with Crippen molar-refractivity contribution in [2.75, 3.05) is 6.61 Å². The van der Waals surface area contributed by atoms with Crippen molar-refractivity contribution in [1.82, 2.24) is 15.0 Å². The standard InChI is InChI=1S/C20H29N3O3S/c1-6-7-10-26-19(25)12(2)23-18(24)16-14-9-8-13(20(3,4)5)11-15(14)27-17(16)21-22-23/h12-13H,6-11H2,1-5H3/t12-,13-/m1/s1. The maximum absolute atomic E-state index is 13.1. The molecule has 0 spiro atoms. The first-order chi connectivity index (χ1) is 12.7. The largest absolute Gasteiger partial charge is 0.464 e. The molecule has 6 nitrogen and oxygen atoms in total. The molecule has 1 aliphatic carbocycles. The third-order valence-corrected chi connectivity index (χ3v) is 6.71. The lowest BCUT2D eigenvalue weighted by Gasteiger charge is -2.33. The van der Waals surface area contributed by atoms with Crippen LogP contribution in [-0.4, -0.2) is 27.6 Å². The van der Waals surface area contributed by atoms with Gasteiger partial charge in [0.15, 0.2) is 10.9 Å². The number of fused-ring (bicyclic) bond motifs is 3. The molecule has 0 aromatic carbocycles. The third kappa shape index (κ3) is 3.93. The maximum Gasteiger partial charge on any atom is 0.330 e. The fourth-order valence-corrected chi connectivity index (χ4v) is 4.87. The number of esters is 1. The fourth-order valence-electron chi connectivity index (χ4n) is 3.64. The molecule has 2 heterocycles. The first-order valence-electron chi connectivity index (χ1n) is 9.80. The smallest absolute Gasteiger partial charge is 0.330 e. The molecule has 0 amide bonds. The van der Waals surface area contributed by atoms with E-state index in [1.54, 1.807) is 18.3 Å². The molecular formula is C20H29N3O3S. The van der Waals surface area contributed by atoms with E-state index in [-0.39, 0.29) is 11.0 Å². The number of hydrogen-bond acceptors (Lipinski definition) is 6. The number of carbonyl (C=O) groups is 1. The number of nitrogens with zero attached hydrogens (tertiary/aromatic N) is 3. The van der Waals surface area contributed by atoms with Crippen molar-refractivity contribution in [3.05, 3.63) is 20.8 Å². The Morgan fingerprint density at radius 1 is 1.41 bits per heavy atom. The van der Waals surface area contributed by atoms with Gasteiger partial charge in [0, 0.05) is 4.88 Å². The van der Waals surface area contributed by atoms with Gasteiger partial charge in [-0.05, 0) is 49.5 Å². The lowest BCUT2D eigenvalue weighted by Crippen LogP contribution is -2.33. The monoisotopic (exact) mass is 391 g/mol. The van der Waals surface area contributed by atoms with Crippen LogP contribution in [0.4, 0.5) is 0 Å². The molecule has 0 saturated heterocycles. The van der Waals surface area contributed by atoms with Crippen molar-refractivity contribution in [3.8, 4) is 0 Å². The average molecular weight is 392 g/mol. The first-order valence-corrected chi connectivity index (χ1v) is 10.6. The molecule has 0 N–H and O–H groups in total. The Hall–Kier alpha value is -1.76. The summed E-state index contributed by atoms with van der Waals surface area (Å²) in [6.07, 6.45) is 4.69. The minimum atomic E-state index is -0.771. The Morgan fingerprint density at radius 2 is 2.15 bits per heavy atom. The first kappa shape index (κ1) is 20.0. The Bertz CT molecular complexity index is 894. The van der Waals surface area contributed by atoms with Crippen LogP contribution in [0.5, 0.6) is 0 Å². The van der Waals surface area contributed by atoms with Crippen molar-refractivity contribution in [1.29, 1.82) is 0 Å². The Balaban J connectivity index is 1.92. The van der Waals surface area contributed by atoms with E-state index in [0.717, 1.165) is 37.7 Å². The average Bonchev–Trinajstić information content (AvgIpc) is 2.99. The lowest BCUT2D eigenvalue weighted by molar-refractivity contribution is -0.147. The van der Waals surface area contributed by atoms with E-state index in [1.165, 1.54) is 9.56 Å². The molecule has 0 saturated carbocycles. The number of thiophene rings is 1. The normalized spacial score (nSPS) is 18.3. The van der Waals surface area contributed by atoms with Gasteiger partial charge in [-0.15, -0.1) is 16.4 Å². The summed E-state index contributed by atoms with van der Waals surface area (Å²) in [5.74, 6) is 0.164. The number of unbranched alkanes of at least 4 members (excludes halogenated alkanes) is 1.